The van der Waals surface area contributed by atoms with E-state index in [0.29, 0.717) is 4.65 Å². The number of nitrogens with zero attached hydrogens (tertiary/aromatic N) is 1. The molecule has 0 radical (unpaired) electrons. The molecule has 0 spiro atoms. The molecule has 0 aromatic rings. The van der Waals surface area contributed by atoms with E-state index >= 15 is 0 Å². The lowest BCUT2D eigenvalue weighted by Gasteiger charge is -2.20. The van der Waals surface area contributed by atoms with Gasteiger partial charge in [-0.2, -0.15) is 4.65 Å². The highest BCUT2D eigenvalue weighted by atomic mass is 32.2. The maximum absolute atomic E-state index is 9.84. The molecular formula is C5H13NO4S. The molecule has 11 heavy (non-hydrogen) atoms. The fourth-order valence-electron chi connectivity index (χ4n) is 0.413. The topological polar surface area (TPSA) is 58.6 Å². The van der Waals surface area contributed by atoms with Crippen LogP contribution in [0.1, 0.15) is 0 Å². The highest BCUT2D eigenvalue weighted by Gasteiger charge is 2.06. The minimum absolute atomic E-state index is 0.0611. The van der Waals surface area contributed by atoms with E-state index in [4.69, 9.17) is 4.84 Å². The van der Waals surface area contributed by atoms with Gasteiger partial charge in [0.2, 0.25) is 0 Å². The van der Waals surface area contributed by atoms with Gasteiger partial charge in [-0.15, -0.1) is 0 Å². The van der Waals surface area contributed by atoms with E-state index in [1.807, 2.05) is 21.1 Å². The SMILES string of the molecule is C[N+](C)(C)OCCOS(=O)[O-]. The van der Waals surface area contributed by atoms with Crippen LogP contribution in [0.15, 0.2) is 0 Å². The zero-order chi connectivity index (χ0) is 8.91. The molecule has 0 bridgehead atoms. The Morgan fingerprint density at radius 3 is 2.27 bits per heavy atom. The zero-order valence-corrected chi connectivity index (χ0v) is 7.72. The van der Waals surface area contributed by atoms with Crippen molar-refractivity contribution in [3.05, 3.63) is 0 Å². The molecule has 0 aliphatic heterocycles. The van der Waals surface area contributed by atoms with Gasteiger partial charge in [0.1, 0.15) is 6.61 Å². The molecule has 68 valence electrons. The summed E-state index contributed by atoms with van der Waals surface area (Å²) in [5.41, 5.74) is 0. The van der Waals surface area contributed by atoms with Crippen molar-refractivity contribution in [3.8, 4) is 0 Å². The molecule has 6 heteroatoms. The lowest BCUT2D eigenvalue weighted by Crippen LogP contribution is -2.35. The van der Waals surface area contributed by atoms with E-state index in [0.717, 1.165) is 0 Å². The van der Waals surface area contributed by atoms with E-state index in [-0.39, 0.29) is 13.2 Å². The number of rotatable bonds is 5. The van der Waals surface area contributed by atoms with Gasteiger partial charge in [0.25, 0.3) is 0 Å². The van der Waals surface area contributed by atoms with Gasteiger partial charge in [-0.05, 0) is 0 Å². The number of hydrogen-bond acceptors (Lipinski definition) is 4. The normalized spacial score (nSPS) is 14.9. The molecule has 0 aliphatic carbocycles. The van der Waals surface area contributed by atoms with Crippen LogP contribution in [-0.4, -0.2) is 47.8 Å². The van der Waals surface area contributed by atoms with Crippen molar-refractivity contribution in [1.82, 2.24) is 0 Å². The largest absolute Gasteiger partial charge is 0.750 e. The first-order chi connectivity index (χ1) is 4.92. The van der Waals surface area contributed by atoms with Crippen molar-refractivity contribution < 1.29 is 22.4 Å². The molecule has 1 atom stereocenters. The van der Waals surface area contributed by atoms with Gasteiger partial charge < -0.3 is 4.55 Å². The van der Waals surface area contributed by atoms with Gasteiger partial charge in [0, 0.05) is 0 Å². The van der Waals surface area contributed by atoms with Crippen LogP contribution in [0.25, 0.3) is 0 Å². The van der Waals surface area contributed by atoms with Crippen molar-refractivity contribution in [1.29, 1.82) is 0 Å². The van der Waals surface area contributed by atoms with Crippen molar-refractivity contribution in [3.63, 3.8) is 0 Å². The first-order valence-corrected chi connectivity index (χ1v) is 4.10. The van der Waals surface area contributed by atoms with Crippen LogP contribution in [-0.2, 0) is 20.4 Å². The Balaban J connectivity index is 3.22. The molecular weight excluding hydrogens is 170 g/mol. The molecule has 0 aliphatic rings. The average molecular weight is 183 g/mol. The summed E-state index contributed by atoms with van der Waals surface area (Å²) in [5, 5.41) is 0. The Morgan fingerprint density at radius 2 is 1.91 bits per heavy atom. The summed E-state index contributed by atoms with van der Waals surface area (Å²) in [5.74, 6) is 0. The molecule has 0 N–H and O–H groups in total. The maximum atomic E-state index is 9.84. The van der Waals surface area contributed by atoms with Crippen LogP contribution in [0.5, 0.6) is 0 Å². The lowest BCUT2D eigenvalue weighted by atomic mass is 10.8. The van der Waals surface area contributed by atoms with Crippen LogP contribution in [0.3, 0.4) is 0 Å². The first-order valence-electron chi connectivity index (χ1n) is 3.10. The quantitative estimate of drug-likeness (QED) is 0.248. The molecule has 1 unspecified atom stereocenters. The summed E-state index contributed by atoms with van der Waals surface area (Å²) in [6, 6.07) is 0. The van der Waals surface area contributed by atoms with E-state index < -0.39 is 11.4 Å². The van der Waals surface area contributed by atoms with Gasteiger partial charge >= 0.3 is 0 Å². The Kier molecular flexibility index (Phi) is 4.78. The van der Waals surface area contributed by atoms with Crippen LogP contribution in [0, 0.1) is 0 Å². The second-order valence-electron chi connectivity index (χ2n) is 2.75. The highest BCUT2D eigenvalue weighted by Crippen LogP contribution is 1.91. The smallest absolute Gasteiger partial charge is 0.131 e. The van der Waals surface area contributed by atoms with Crippen molar-refractivity contribution in [2.75, 3.05) is 34.4 Å². The number of hydroxylamine groups is 3. The van der Waals surface area contributed by atoms with E-state index in [2.05, 4.69) is 4.18 Å². The average Bonchev–Trinajstić information content (AvgIpc) is 1.78. The first kappa shape index (κ1) is 11.0. The minimum Gasteiger partial charge on any atom is -0.750 e. The fourth-order valence-corrected chi connectivity index (χ4v) is 0.617. The van der Waals surface area contributed by atoms with Crippen LogP contribution >= 0.6 is 0 Å². The van der Waals surface area contributed by atoms with Crippen molar-refractivity contribution in [2.45, 2.75) is 0 Å². The molecule has 0 fully saturated rings. The van der Waals surface area contributed by atoms with Crippen LogP contribution in [0.4, 0.5) is 0 Å². The standard InChI is InChI=1S/C5H13NO4S/c1-6(2,3)9-4-5-10-11(7)8/h4-5H2,1-3H3. The summed E-state index contributed by atoms with van der Waals surface area (Å²) in [7, 11) is 5.48. The molecule has 0 aromatic heterocycles. The summed E-state index contributed by atoms with van der Waals surface area (Å²) < 4.78 is 24.2. The predicted octanol–water partition coefficient (Wildman–Crippen LogP) is -0.565. The molecule has 0 rings (SSSR count). The maximum Gasteiger partial charge on any atom is 0.131 e. The zero-order valence-electron chi connectivity index (χ0n) is 6.90. The third kappa shape index (κ3) is 9.99. The molecule has 0 amide bonds. The van der Waals surface area contributed by atoms with Gasteiger partial charge in [-0.3, -0.25) is 4.18 Å². The molecule has 0 heterocycles. The van der Waals surface area contributed by atoms with Gasteiger partial charge in [-0.1, -0.05) is 0 Å². The van der Waals surface area contributed by atoms with Gasteiger partial charge in [0.05, 0.1) is 39.1 Å². The van der Waals surface area contributed by atoms with Crippen molar-refractivity contribution >= 4 is 11.4 Å². The molecule has 0 aromatic carbocycles. The molecule has 0 saturated carbocycles. The second-order valence-corrected chi connectivity index (χ2v) is 3.39. The Bertz CT molecular complexity index is 133. The highest BCUT2D eigenvalue weighted by molar-refractivity contribution is 7.74. The van der Waals surface area contributed by atoms with E-state index in [9.17, 15) is 8.76 Å². The van der Waals surface area contributed by atoms with Crippen molar-refractivity contribution in [2.24, 2.45) is 0 Å². The third-order valence-electron chi connectivity index (χ3n) is 0.741. The van der Waals surface area contributed by atoms with E-state index in [1.54, 1.807) is 0 Å². The Hall–Kier alpha value is -0.0100. The molecule has 5 nitrogen and oxygen atoms in total. The fraction of sp³-hybridized carbons (Fsp3) is 1.00. The number of quaternary nitrogens is 1. The summed E-state index contributed by atoms with van der Waals surface area (Å²) in [6.07, 6.45) is 0. The Morgan fingerprint density at radius 1 is 1.36 bits per heavy atom. The predicted molar refractivity (Wildman–Crippen MR) is 38.9 cm³/mol. The summed E-state index contributed by atoms with van der Waals surface area (Å²) >= 11 is -2.43. The summed E-state index contributed by atoms with van der Waals surface area (Å²) in [6.45, 7) is 0.323. The van der Waals surface area contributed by atoms with Crippen LogP contribution in [0.2, 0.25) is 0 Å². The summed E-state index contributed by atoms with van der Waals surface area (Å²) in [4.78, 5) is 5.12. The van der Waals surface area contributed by atoms with Crippen LogP contribution < -0.4 is 0 Å². The monoisotopic (exact) mass is 183 g/mol. The third-order valence-corrected chi connectivity index (χ3v) is 1.10. The lowest BCUT2D eigenvalue weighted by molar-refractivity contribution is -1.06. The van der Waals surface area contributed by atoms with Gasteiger partial charge in [-0.25, -0.2) is 9.05 Å². The molecule has 0 saturated heterocycles. The number of hydrogen-bond donors (Lipinski definition) is 0. The minimum atomic E-state index is -2.43. The van der Waals surface area contributed by atoms with E-state index in [1.165, 1.54) is 0 Å². The second kappa shape index (κ2) is 4.78. The van der Waals surface area contributed by atoms with Gasteiger partial charge in [0.15, 0.2) is 0 Å². The Labute approximate surface area is 68.9 Å².